The molecular formula is C30H34Cl2F4N4O4S. The number of alkyl halides is 3. The number of carbonyl (C=O) groups is 2. The minimum Gasteiger partial charge on any atom is -0.352 e. The molecule has 4 N–H and O–H groups in total. The number of nitrogens with one attached hydrogen (secondary N) is 4. The molecule has 2 amide bonds. The van der Waals surface area contributed by atoms with E-state index in [-0.39, 0.29) is 41.7 Å². The molecule has 4 atom stereocenters. The summed E-state index contributed by atoms with van der Waals surface area (Å²) in [6, 6.07) is 6.24. The van der Waals surface area contributed by atoms with Crippen LogP contribution in [0.15, 0.2) is 36.4 Å². The highest BCUT2D eigenvalue weighted by molar-refractivity contribution is 7.90. The lowest BCUT2D eigenvalue weighted by Gasteiger charge is -2.38. The smallest absolute Gasteiger partial charge is 0.352 e. The van der Waals surface area contributed by atoms with Gasteiger partial charge in [-0.25, -0.2) is 17.5 Å². The van der Waals surface area contributed by atoms with E-state index < -0.39 is 68.7 Å². The van der Waals surface area contributed by atoms with Crippen LogP contribution in [0.2, 0.25) is 10.0 Å². The van der Waals surface area contributed by atoms with Gasteiger partial charge in [-0.15, -0.1) is 0 Å². The molecule has 1 saturated carbocycles. The first kappa shape index (κ1) is 33.9. The highest BCUT2D eigenvalue weighted by Crippen LogP contribution is 2.57. The van der Waals surface area contributed by atoms with Crippen molar-refractivity contribution in [1.29, 1.82) is 0 Å². The van der Waals surface area contributed by atoms with Crippen LogP contribution in [-0.2, 0) is 25.0 Å². The lowest BCUT2D eigenvalue weighted by molar-refractivity contribution is -0.124. The Bertz CT molecular complexity index is 1610. The van der Waals surface area contributed by atoms with E-state index in [9.17, 15) is 31.2 Å². The van der Waals surface area contributed by atoms with E-state index in [0.717, 1.165) is 0 Å². The molecule has 2 fully saturated rings. The maximum absolute atomic E-state index is 15.9. The van der Waals surface area contributed by atoms with E-state index in [4.69, 9.17) is 23.2 Å². The monoisotopic (exact) mass is 692 g/mol. The van der Waals surface area contributed by atoms with Crippen molar-refractivity contribution >= 4 is 50.7 Å². The molecule has 1 saturated heterocycles. The van der Waals surface area contributed by atoms with Crippen molar-refractivity contribution in [3.05, 3.63) is 63.4 Å². The molecule has 2 heterocycles. The van der Waals surface area contributed by atoms with Gasteiger partial charge in [0.1, 0.15) is 11.2 Å². The zero-order chi connectivity index (χ0) is 33.1. The Hall–Kier alpha value is -2.45. The van der Waals surface area contributed by atoms with Crippen molar-refractivity contribution in [2.45, 2.75) is 93.9 Å². The average molecular weight is 694 g/mol. The maximum Gasteiger partial charge on any atom is 0.511 e. The number of halogens is 6. The van der Waals surface area contributed by atoms with Crippen LogP contribution >= 0.6 is 23.2 Å². The molecule has 4 unspecified atom stereocenters. The Balaban J connectivity index is 1.50. The van der Waals surface area contributed by atoms with Crippen LogP contribution in [0.3, 0.4) is 0 Å². The van der Waals surface area contributed by atoms with Crippen molar-refractivity contribution < 1.29 is 35.6 Å². The van der Waals surface area contributed by atoms with E-state index in [0.29, 0.717) is 22.7 Å². The largest absolute Gasteiger partial charge is 0.511 e. The lowest BCUT2D eigenvalue weighted by Crippen LogP contribution is -2.51. The second kappa shape index (κ2) is 12.0. The summed E-state index contributed by atoms with van der Waals surface area (Å²) in [6.07, 6.45) is 0.973. The van der Waals surface area contributed by atoms with E-state index in [1.165, 1.54) is 12.1 Å². The molecule has 45 heavy (non-hydrogen) atoms. The molecule has 2 aliphatic heterocycles. The summed E-state index contributed by atoms with van der Waals surface area (Å²) in [7, 11) is -5.50. The molecule has 5 rings (SSSR count). The van der Waals surface area contributed by atoms with Crippen molar-refractivity contribution in [2.24, 2.45) is 5.41 Å². The zero-order valence-corrected chi connectivity index (χ0v) is 27.0. The molecule has 1 spiro atoms. The van der Waals surface area contributed by atoms with E-state index in [2.05, 4.69) is 16.0 Å². The molecule has 246 valence electrons. The highest BCUT2D eigenvalue weighted by atomic mass is 35.5. The van der Waals surface area contributed by atoms with E-state index in [1.54, 1.807) is 29.0 Å². The summed E-state index contributed by atoms with van der Waals surface area (Å²) in [5, 5.41) is 9.44. The number of amides is 2. The minimum absolute atomic E-state index is 0.0673. The van der Waals surface area contributed by atoms with Gasteiger partial charge in [-0.05, 0) is 66.8 Å². The van der Waals surface area contributed by atoms with Crippen LogP contribution in [0.5, 0.6) is 0 Å². The van der Waals surface area contributed by atoms with Crippen LogP contribution in [0.1, 0.15) is 69.9 Å². The second-order valence-corrected chi connectivity index (χ2v) is 15.8. The summed E-state index contributed by atoms with van der Waals surface area (Å²) in [5.74, 6) is -2.75. The molecule has 1 aliphatic carbocycles. The fraction of sp³-hybridized carbons (Fsp3) is 0.533. The predicted molar refractivity (Wildman–Crippen MR) is 163 cm³/mol. The number of rotatable bonds is 6. The number of hydrogen-bond donors (Lipinski definition) is 4. The number of fused-ring (bicyclic) bond motifs is 2. The summed E-state index contributed by atoms with van der Waals surface area (Å²) >= 11 is 12.5. The van der Waals surface area contributed by atoms with Gasteiger partial charge in [0.25, 0.3) is 0 Å². The average Bonchev–Trinajstić information content (AvgIpc) is 3.39. The summed E-state index contributed by atoms with van der Waals surface area (Å²) in [4.78, 5) is 28.3. The third kappa shape index (κ3) is 6.30. The van der Waals surface area contributed by atoms with Crippen LogP contribution in [0.4, 0.5) is 23.2 Å². The van der Waals surface area contributed by atoms with Crippen molar-refractivity contribution in [2.75, 3.05) is 5.32 Å². The molecule has 0 radical (unpaired) electrons. The van der Waals surface area contributed by atoms with Gasteiger partial charge in [-0.3, -0.25) is 9.59 Å². The van der Waals surface area contributed by atoms with Crippen LogP contribution in [0.25, 0.3) is 0 Å². The van der Waals surface area contributed by atoms with Crippen LogP contribution in [-0.4, -0.2) is 49.9 Å². The second-order valence-electron chi connectivity index (χ2n) is 13.2. The maximum atomic E-state index is 15.9. The Morgan fingerprint density at radius 2 is 1.69 bits per heavy atom. The first-order valence-corrected chi connectivity index (χ1v) is 16.8. The third-order valence-electron chi connectivity index (χ3n) is 8.92. The molecule has 2 aromatic rings. The first-order chi connectivity index (χ1) is 20.8. The summed E-state index contributed by atoms with van der Waals surface area (Å²) in [6.45, 7) is 5.98. The van der Waals surface area contributed by atoms with E-state index in [1.807, 2.05) is 20.8 Å². The molecule has 15 heteroatoms. The van der Waals surface area contributed by atoms with Gasteiger partial charge in [-0.2, -0.15) is 13.2 Å². The molecule has 0 aromatic heterocycles. The number of sulfonamides is 1. The lowest BCUT2D eigenvalue weighted by atomic mass is 9.62. The highest BCUT2D eigenvalue weighted by Gasteiger charge is 2.66. The van der Waals surface area contributed by atoms with Crippen LogP contribution < -0.4 is 20.7 Å². The summed E-state index contributed by atoms with van der Waals surface area (Å²) < 4.78 is 79.3. The Morgan fingerprint density at radius 1 is 1.04 bits per heavy atom. The normalized spacial score (nSPS) is 28.6. The number of benzene rings is 2. The topological polar surface area (TPSA) is 116 Å². The Labute approximate surface area is 269 Å². The molecular weight excluding hydrogens is 659 g/mol. The zero-order valence-electron chi connectivity index (χ0n) is 24.7. The van der Waals surface area contributed by atoms with Gasteiger partial charge in [-0.1, -0.05) is 62.2 Å². The van der Waals surface area contributed by atoms with Crippen LogP contribution in [0, 0.1) is 11.2 Å². The van der Waals surface area contributed by atoms with Crippen molar-refractivity contribution in [3.8, 4) is 0 Å². The fourth-order valence-corrected chi connectivity index (χ4v) is 8.25. The van der Waals surface area contributed by atoms with Gasteiger partial charge in [0.2, 0.25) is 11.8 Å². The standard InChI is InChI=1S/C30H34Cl2F4N4O4S/c1-28(2,3)14-22-29(19-12-7-15(31)13-21(19)38-27(29)42)23(18-5-4-6-20(32)24(18)33)25(39-22)26(41)37-16-8-10-17(11-9-16)40-45(43,44)30(34,35)36/h4-7,12-13,16-17,22-23,25,39-40H,8-11,14H2,1-3H3,(H,37,41)(H,38,42). The SMILES string of the molecule is CC(C)(C)CC1NC(C(=O)NC2CCC(NS(=O)(=O)C(F)(F)F)CC2)C(c2cccc(Cl)c2F)C12C(=O)Nc1cc(Cl)ccc12. The van der Waals surface area contributed by atoms with E-state index >= 15 is 4.39 Å². The number of anilines is 1. The minimum atomic E-state index is -5.50. The Morgan fingerprint density at radius 3 is 2.31 bits per heavy atom. The van der Waals surface area contributed by atoms with Crippen molar-refractivity contribution in [1.82, 2.24) is 15.4 Å². The third-order valence-corrected chi connectivity index (χ3v) is 10.7. The first-order valence-electron chi connectivity index (χ1n) is 14.6. The van der Waals surface area contributed by atoms with Gasteiger partial charge in [0, 0.05) is 34.8 Å². The summed E-state index contributed by atoms with van der Waals surface area (Å²) in [5.41, 5.74) is -6.08. The Kier molecular flexibility index (Phi) is 9.02. The molecule has 2 aromatic carbocycles. The quantitative estimate of drug-likeness (QED) is 0.288. The van der Waals surface area contributed by atoms with Gasteiger partial charge in [0.15, 0.2) is 0 Å². The molecule has 8 nitrogen and oxygen atoms in total. The molecule has 3 aliphatic rings. The van der Waals surface area contributed by atoms with Gasteiger partial charge >= 0.3 is 15.5 Å². The fourth-order valence-electron chi connectivity index (χ4n) is 7.09. The number of carbonyl (C=O) groups excluding carboxylic acids is 2. The number of hydrogen-bond acceptors (Lipinski definition) is 5. The van der Waals surface area contributed by atoms with Gasteiger partial charge in [0.05, 0.1) is 11.1 Å². The molecule has 0 bridgehead atoms. The van der Waals surface area contributed by atoms with Crippen molar-refractivity contribution in [3.63, 3.8) is 0 Å². The predicted octanol–water partition coefficient (Wildman–Crippen LogP) is 5.75. The van der Waals surface area contributed by atoms with Gasteiger partial charge < -0.3 is 16.0 Å².